The summed E-state index contributed by atoms with van der Waals surface area (Å²) in [4.78, 5) is 0. The van der Waals surface area contributed by atoms with E-state index < -0.39 is 6.10 Å². The van der Waals surface area contributed by atoms with E-state index in [-0.39, 0.29) is 0 Å². The average Bonchev–Trinajstić information content (AvgIpc) is 2.46. The van der Waals surface area contributed by atoms with Crippen LogP contribution in [0.5, 0.6) is 11.5 Å². The van der Waals surface area contributed by atoms with Crippen LogP contribution in [0.4, 0.5) is 0 Å². The smallest absolute Gasteiger partial charge is 0.161 e. The Balaban J connectivity index is 2.46. The molecule has 1 atom stereocenters. The van der Waals surface area contributed by atoms with E-state index in [0.29, 0.717) is 27.6 Å². The number of rotatable bonds is 4. The molecule has 0 aromatic heterocycles. The first kappa shape index (κ1) is 15.2. The molecule has 5 heteroatoms. The normalized spacial score (nSPS) is 12.1. The summed E-state index contributed by atoms with van der Waals surface area (Å²) < 4.78 is 11.2. The Labute approximate surface area is 131 Å². The molecule has 2 aromatic rings. The Morgan fingerprint density at radius 3 is 2.35 bits per heavy atom. The third kappa shape index (κ3) is 3.08. The molecule has 0 aliphatic rings. The molecule has 1 unspecified atom stereocenters. The molecule has 0 amide bonds. The van der Waals surface area contributed by atoms with Gasteiger partial charge in [0.2, 0.25) is 0 Å². The summed E-state index contributed by atoms with van der Waals surface area (Å²) in [6.07, 6.45) is -0.803. The van der Waals surface area contributed by atoms with Crippen LogP contribution in [0.1, 0.15) is 17.2 Å². The zero-order chi connectivity index (χ0) is 14.7. The molecule has 0 heterocycles. The van der Waals surface area contributed by atoms with Gasteiger partial charge in [-0.3, -0.25) is 0 Å². The lowest BCUT2D eigenvalue weighted by Crippen LogP contribution is -2.02. The summed E-state index contributed by atoms with van der Waals surface area (Å²) in [5, 5.41) is 11.1. The van der Waals surface area contributed by atoms with Gasteiger partial charge in [-0.25, -0.2) is 0 Å². The number of methoxy groups -OCH3 is 2. The summed E-state index contributed by atoms with van der Waals surface area (Å²) in [6, 6.07) is 10.6. The van der Waals surface area contributed by atoms with Gasteiger partial charge in [-0.15, -0.1) is 0 Å². The van der Waals surface area contributed by atoms with Crippen molar-refractivity contribution in [1.29, 1.82) is 0 Å². The van der Waals surface area contributed by atoms with Crippen LogP contribution in [-0.4, -0.2) is 19.3 Å². The molecule has 2 rings (SSSR count). The van der Waals surface area contributed by atoms with Crippen molar-refractivity contribution in [3.05, 3.63) is 57.0 Å². The topological polar surface area (TPSA) is 38.7 Å². The molecule has 106 valence electrons. The Hall–Kier alpha value is -1.23. The highest BCUT2D eigenvalue weighted by Crippen LogP contribution is 2.38. The van der Waals surface area contributed by atoms with Crippen molar-refractivity contribution < 1.29 is 14.6 Å². The van der Waals surface area contributed by atoms with Crippen LogP contribution >= 0.6 is 27.5 Å². The van der Waals surface area contributed by atoms with Crippen molar-refractivity contribution in [2.75, 3.05) is 14.2 Å². The molecule has 3 nitrogen and oxygen atoms in total. The zero-order valence-corrected chi connectivity index (χ0v) is 13.4. The maximum atomic E-state index is 10.5. The second kappa shape index (κ2) is 6.48. The number of aliphatic hydroxyl groups excluding tert-OH is 1. The fourth-order valence-electron chi connectivity index (χ4n) is 1.94. The Bertz CT molecular complexity index is 616. The lowest BCUT2D eigenvalue weighted by atomic mass is 10.0. The fourth-order valence-corrected chi connectivity index (χ4v) is 2.67. The molecule has 0 radical (unpaired) electrons. The average molecular weight is 358 g/mol. The molecule has 20 heavy (non-hydrogen) atoms. The fraction of sp³-hybridized carbons (Fsp3) is 0.200. The quantitative estimate of drug-likeness (QED) is 0.891. The van der Waals surface area contributed by atoms with Crippen molar-refractivity contribution in [3.8, 4) is 11.5 Å². The molecule has 1 N–H and O–H groups in total. The SMILES string of the molecule is COc1cc(Br)c(C(O)c2cccc(Cl)c2)cc1OC. The molecule has 0 aliphatic carbocycles. The minimum atomic E-state index is -0.803. The Morgan fingerprint density at radius 1 is 1.10 bits per heavy atom. The first-order chi connectivity index (χ1) is 9.56. The molecule has 2 aromatic carbocycles. The summed E-state index contributed by atoms with van der Waals surface area (Å²) in [5.41, 5.74) is 1.40. The van der Waals surface area contributed by atoms with E-state index in [1.165, 1.54) is 0 Å². The minimum Gasteiger partial charge on any atom is -0.493 e. The first-order valence-corrected chi connectivity index (χ1v) is 7.09. The third-order valence-electron chi connectivity index (χ3n) is 2.96. The second-order valence-corrected chi connectivity index (χ2v) is 5.48. The maximum absolute atomic E-state index is 10.5. The zero-order valence-electron chi connectivity index (χ0n) is 11.1. The van der Waals surface area contributed by atoms with E-state index in [4.69, 9.17) is 21.1 Å². The van der Waals surface area contributed by atoms with Gasteiger partial charge in [0.25, 0.3) is 0 Å². The molecule has 0 saturated carbocycles. The molecule has 0 spiro atoms. The van der Waals surface area contributed by atoms with Gasteiger partial charge in [0.1, 0.15) is 6.10 Å². The van der Waals surface area contributed by atoms with E-state index in [0.717, 1.165) is 4.47 Å². The van der Waals surface area contributed by atoms with E-state index in [1.807, 2.05) is 6.07 Å². The number of halogens is 2. The standard InChI is InChI=1S/C15H14BrClO3/c1-19-13-7-11(12(16)8-14(13)20-2)15(18)9-4-3-5-10(17)6-9/h3-8,15,18H,1-2H3. The summed E-state index contributed by atoms with van der Waals surface area (Å²) >= 11 is 9.39. The van der Waals surface area contributed by atoms with Crippen LogP contribution in [0, 0.1) is 0 Å². The highest BCUT2D eigenvalue weighted by molar-refractivity contribution is 9.10. The largest absolute Gasteiger partial charge is 0.493 e. The van der Waals surface area contributed by atoms with Crippen molar-refractivity contribution in [3.63, 3.8) is 0 Å². The maximum Gasteiger partial charge on any atom is 0.161 e. The molecule has 0 aliphatic heterocycles. The van der Waals surface area contributed by atoms with E-state index in [2.05, 4.69) is 15.9 Å². The van der Waals surface area contributed by atoms with Crippen LogP contribution in [0.15, 0.2) is 40.9 Å². The lowest BCUT2D eigenvalue weighted by Gasteiger charge is -2.16. The van der Waals surface area contributed by atoms with Crippen LogP contribution in [0.25, 0.3) is 0 Å². The van der Waals surface area contributed by atoms with Crippen LogP contribution in [0.3, 0.4) is 0 Å². The predicted molar refractivity (Wildman–Crippen MR) is 82.8 cm³/mol. The molecule has 0 saturated heterocycles. The van der Waals surface area contributed by atoms with E-state index >= 15 is 0 Å². The van der Waals surface area contributed by atoms with Gasteiger partial charge in [-0.05, 0) is 29.8 Å². The predicted octanol–water partition coefficient (Wildman–Crippen LogP) is 4.20. The van der Waals surface area contributed by atoms with Gasteiger partial charge in [-0.1, -0.05) is 39.7 Å². The molecular weight excluding hydrogens is 344 g/mol. The number of ether oxygens (including phenoxy) is 2. The molecule has 0 fully saturated rings. The van der Waals surface area contributed by atoms with Gasteiger partial charge in [0.05, 0.1) is 14.2 Å². The van der Waals surface area contributed by atoms with Crippen LogP contribution in [0.2, 0.25) is 5.02 Å². The number of hydrogen-bond donors (Lipinski definition) is 1. The lowest BCUT2D eigenvalue weighted by molar-refractivity contribution is 0.218. The summed E-state index contributed by atoms with van der Waals surface area (Å²) in [5.74, 6) is 1.16. The van der Waals surface area contributed by atoms with Gasteiger partial charge >= 0.3 is 0 Å². The molecule has 0 bridgehead atoms. The third-order valence-corrected chi connectivity index (χ3v) is 3.88. The van der Waals surface area contributed by atoms with Crippen LogP contribution in [-0.2, 0) is 0 Å². The van der Waals surface area contributed by atoms with Gasteiger partial charge in [0, 0.05) is 15.1 Å². The van der Waals surface area contributed by atoms with Crippen molar-refractivity contribution in [2.45, 2.75) is 6.10 Å². The number of benzene rings is 2. The van der Waals surface area contributed by atoms with Crippen LogP contribution < -0.4 is 9.47 Å². The summed E-state index contributed by atoms with van der Waals surface area (Å²) in [6.45, 7) is 0. The number of aliphatic hydroxyl groups is 1. The van der Waals surface area contributed by atoms with Crippen molar-refractivity contribution in [1.82, 2.24) is 0 Å². The van der Waals surface area contributed by atoms with E-state index in [9.17, 15) is 5.11 Å². The van der Waals surface area contributed by atoms with Crippen molar-refractivity contribution in [2.24, 2.45) is 0 Å². The van der Waals surface area contributed by atoms with Gasteiger partial charge in [0.15, 0.2) is 11.5 Å². The van der Waals surface area contributed by atoms with Gasteiger partial charge in [-0.2, -0.15) is 0 Å². The van der Waals surface area contributed by atoms with E-state index in [1.54, 1.807) is 44.6 Å². The highest BCUT2D eigenvalue weighted by atomic mass is 79.9. The first-order valence-electron chi connectivity index (χ1n) is 5.91. The second-order valence-electron chi connectivity index (χ2n) is 4.19. The monoisotopic (exact) mass is 356 g/mol. The number of hydrogen-bond acceptors (Lipinski definition) is 3. The molecular formula is C15H14BrClO3. The summed E-state index contributed by atoms with van der Waals surface area (Å²) in [7, 11) is 3.12. The Morgan fingerprint density at radius 2 is 1.75 bits per heavy atom. The Kier molecular flexibility index (Phi) is 4.91. The van der Waals surface area contributed by atoms with Crippen molar-refractivity contribution >= 4 is 27.5 Å². The van der Waals surface area contributed by atoms with Gasteiger partial charge < -0.3 is 14.6 Å². The minimum absolute atomic E-state index is 0.562. The highest BCUT2D eigenvalue weighted by Gasteiger charge is 2.17.